The van der Waals surface area contributed by atoms with Crippen LogP contribution in [0.15, 0.2) is 66.1 Å². The molecule has 0 saturated heterocycles. The molecule has 2 aromatic carbocycles. The number of anilines is 1. The highest BCUT2D eigenvalue weighted by Gasteiger charge is 2.13. The molecule has 1 amide bonds. The van der Waals surface area contributed by atoms with Crippen LogP contribution in [0.4, 0.5) is 5.69 Å². The van der Waals surface area contributed by atoms with Crippen molar-refractivity contribution in [3.63, 3.8) is 0 Å². The number of amides is 1. The van der Waals surface area contributed by atoms with E-state index in [9.17, 15) is 13.2 Å². The average molecular weight is 374 g/mol. The second-order valence-corrected chi connectivity index (χ2v) is 7.58. The maximum atomic E-state index is 12.4. The fourth-order valence-electron chi connectivity index (χ4n) is 2.16. The molecule has 0 fully saturated rings. The Morgan fingerprint density at radius 2 is 1.88 bits per heavy atom. The van der Waals surface area contributed by atoms with Gasteiger partial charge in [0.15, 0.2) is 0 Å². The van der Waals surface area contributed by atoms with Crippen molar-refractivity contribution in [2.75, 3.05) is 11.9 Å². The molecule has 0 aromatic heterocycles. The molecule has 7 heteroatoms. The Labute approximate surface area is 153 Å². The Bertz CT molecular complexity index is 875. The zero-order valence-electron chi connectivity index (χ0n) is 14.7. The first-order valence-corrected chi connectivity index (χ1v) is 9.59. The van der Waals surface area contributed by atoms with Gasteiger partial charge >= 0.3 is 0 Å². The number of carbonyl (C=O) groups is 1. The quantitative estimate of drug-likeness (QED) is 0.695. The number of hydrogen-bond acceptors (Lipinski definition) is 4. The second kappa shape index (κ2) is 8.64. The fourth-order valence-corrected chi connectivity index (χ4v) is 3.15. The maximum absolute atomic E-state index is 12.4. The summed E-state index contributed by atoms with van der Waals surface area (Å²) in [5.41, 5.74) is 0.945. The van der Waals surface area contributed by atoms with Gasteiger partial charge in [0.2, 0.25) is 10.0 Å². The average Bonchev–Trinajstić information content (AvgIpc) is 2.60. The predicted molar refractivity (Wildman–Crippen MR) is 102 cm³/mol. The number of hydrogen-bond donors (Lipinski definition) is 2. The van der Waals surface area contributed by atoms with Crippen LogP contribution in [-0.4, -0.2) is 27.0 Å². The minimum atomic E-state index is -3.59. The number of ether oxygens (including phenoxy) is 1. The number of sulfonamides is 1. The van der Waals surface area contributed by atoms with E-state index < -0.39 is 10.0 Å². The molecule has 0 unspecified atom stereocenters. The molecule has 0 aliphatic heterocycles. The van der Waals surface area contributed by atoms with Crippen LogP contribution in [0.3, 0.4) is 0 Å². The monoisotopic (exact) mass is 374 g/mol. The molecule has 6 nitrogen and oxygen atoms in total. The van der Waals surface area contributed by atoms with Crippen LogP contribution in [0.5, 0.6) is 5.75 Å². The van der Waals surface area contributed by atoms with Gasteiger partial charge in [-0.15, -0.1) is 6.58 Å². The minimum Gasteiger partial charge on any atom is -0.491 e. The van der Waals surface area contributed by atoms with Gasteiger partial charge in [0, 0.05) is 17.8 Å². The maximum Gasteiger partial charge on any atom is 0.255 e. The Hall–Kier alpha value is -2.64. The normalized spacial score (nSPS) is 11.2. The summed E-state index contributed by atoms with van der Waals surface area (Å²) in [7, 11) is -3.59. The largest absolute Gasteiger partial charge is 0.491 e. The molecule has 2 N–H and O–H groups in total. The molecule has 0 saturated carbocycles. The summed E-state index contributed by atoms with van der Waals surface area (Å²) >= 11 is 0. The molecule has 0 aliphatic rings. The van der Waals surface area contributed by atoms with Gasteiger partial charge < -0.3 is 10.1 Å². The summed E-state index contributed by atoms with van der Waals surface area (Å²) in [4.78, 5) is 12.5. The molecule has 2 aromatic rings. The predicted octanol–water partition coefficient (Wildman–Crippen LogP) is 3.19. The van der Waals surface area contributed by atoms with E-state index in [2.05, 4.69) is 16.6 Å². The third-order valence-electron chi connectivity index (χ3n) is 3.31. The first-order valence-electron chi connectivity index (χ1n) is 8.10. The van der Waals surface area contributed by atoms with Crippen LogP contribution in [0.25, 0.3) is 0 Å². The standard InChI is InChI=1S/C19H22N2O4S/c1-4-12-20-26(23,24)18-10-8-16(9-11-18)21-19(22)15-6-5-7-17(13-15)25-14(2)3/h4-11,13-14,20H,1,12H2,2-3H3,(H,21,22). The van der Waals surface area contributed by atoms with Crippen molar-refractivity contribution < 1.29 is 17.9 Å². The molecule has 2 rings (SSSR count). The third-order valence-corrected chi connectivity index (χ3v) is 4.75. The van der Waals surface area contributed by atoms with Crippen LogP contribution in [-0.2, 0) is 10.0 Å². The van der Waals surface area contributed by atoms with E-state index in [4.69, 9.17) is 4.74 Å². The molecule has 138 valence electrons. The SMILES string of the molecule is C=CCNS(=O)(=O)c1ccc(NC(=O)c2cccc(OC(C)C)c2)cc1. The molecule has 0 bridgehead atoms. The summed E-state index contributed by atoms with van der Waals surface area (Å²) in [6.07, 6.45) is 1.47. The van der Waals surface area contributed by atoms with E-state index in [1.54, 1.807) is 24.3 Å². The van der Waals surface area contributed by atoms with E-state index in [0.29, 0.717) is 17.0 Å². The fraction of sp³-hybridized carbons (Fsp3) is 0.211. The van der Waals surface area contributed by atoms with Gasteiger partial charge in [0.1, 0.15) is 5.75 Å². The highest BCUT2D eigenvalue weighted by molar-refractivity contribution is 7.89. The van der Waals surface area contributed by atoms with Crippen molar-refractivity contribution in [3.05, 3.63) is 66.7 Å². The summed E-state index contributed by atoms with van der Waals surface area (Å²) < 4.78 is 32.0. The van der Waals surface area contributed by atoms with Crippen molar-refractivity contribution in [1.82, 2.24) is 4.72 Å². The van der Waals surface area contributed by atoms with Crippen molar-refractivity contribution in [3.8, 4) is 5.75 Å². The smallest absolute Gasteiger partial charge is 0.255 e. The second-order valence-electron chi connectivity index (χ2n) is 5.81. The van der Waals surface area contributed by atoms with Gasteiger partial charge in [-0.2, -0.15) is 0 Å². The molecule has 0 atom stereocenters. The summed E-state index contributed by atoms with van der Waals surface area (Å²) in [6.45, 7) is 7.44. The Morgan fingerprint density at radius 3 is 2.50 bits per heavy atom. The van der Waals surface area contributed by atoms with Crippen LogP contribution >= 0.6 is 0 Å². The van der Waals surface area contributed by atoms with Gasteiger partial charge in [0.25, 0.3) is 5.91 Å². The van der Waals surface area contributed by atoms with Crippen molar-refractivity contribution in [1.29, 1.82) is 0 Å². The molecular weight excluding hydrogens is 352 g/mol. The summed E-state index contributed by atoms with van der Waals surface area (Å²) in [5.74, 6) is 0.307. The van der Waals surface area contributed by atoms with Crippen LogP contribution in [0.1, 0.15) is 24.2 Å². The molecule has 0 radical (unpaired) electrons. The highest BCUT2D eigenvalue weighted by Crippen LogP contribution is 2.18. The lowest BCUT2D eigenvalue weighted by Crippen LogP contribution is -2.23. The molecule has 0 spiro atoms. The van der Waals surface area contributed by atoms with Crippen molar-refractivity contribution in [2.24, 2.45) is 0 Å². The van der Waals surface area contributed by atoms with Crippen LogP contribution in [0.2, 0.25) is 0 Å². The van der Waals surface area contributed by atoms with Gasteiger partial charge in [-0.05, 0) is 56.3 Å². The first kappa shape index (κ1) is 19.7. The van der Waals surface area contributed by atoms with Crippen LogP contribution in [0, 0.1) is 0 Å². The molecule has 0 heterocycles. The van der Waals surface area contributed by atoms with Gasteiger partial charge in [-0.25, -0.2) is 13.1 Å². The molecular formula is C19H22N2O4S. The Balaban J connectivity index is 2.09. The van der Waals surface area contributed by atoms with Gasteiger partial charge in [-0.3, -0.25) is 4.79 Å². The summed E-state index contributed by atoms with van der Waals surface area (Å²) in [5, 5.41) is 2.73. The lowest BCUT2D eigenvalue weighted by molar-refractivity contribution is 0.102. The summed E-state index contributed by atoms with van der Waals surface area (Å²) in [6, 6.07) is 12.8. The highest BCUT2D eigenvalue weighted by atomic mass is 32.2. The van der Waals surface area contributed by atoms with Gasteiger partial charge in [-0.1, -0.05) is 12.1 Å². The van der Waals surface area contributed by atoms with Crippen molar-refractivity contribution in [2.45, 2.75) is 24.8 Å². The number of nitrogens with one attached hydrogen (secondary N) is 2. The van der Waals surface area contributed by atoms with E-state index in [0.717, 1.165) is 0 Å². The van der Waals surface area contributed by atoms with E-state index >= 15 is 0 Å². The Morgan fingerprint density at radius 1 is 1.19 bits per heavy atom. The lowest BCUT2D eigenvalue weighted by Gasteiger charge is -2.11. The van der Waals surface area contributed by atoms with E-state index in [1.807, 2.05) is 13.8 Å². The first-order chi connectivity index (χ1) is 12.3. The van der Waals surface area contributed by atoms with Crippen LogP contribution < -0.4 is 14.8 Å². The van der Waals surface area contributed by atoms with E-state index in [1.165, 1.54) is 30.3 Å². The Kier molecular flexibility index (Phi) is 6.54. The zero-order chi connectivity index (χ0) is 19.2. The number of benzene rings is 2. The molecule has 26 heavy (non-hydrogen) atoms. The molecule has 0 aliphatic carbocycles. The van der Waals surface area contributed by atoms with E-state index in [-0.39, 0.29) is 23.5 Å². The van der Waals surface area contributed by atoms with Crippen molar-refractivity contribution >= 4 is 21.6 Å². The number of carbonyl (C=O) groups excluding carboxylic acids is 1. The number of rotatable bonds is 8. The lowest BCUT2D eigenvalue weighted by atomic mass is 10.2. The third kappa shape index (κ3) is 5.44. The van der Waals surface area contributed by atoms with Gasteiger partial charge in [0.05, 0.1) is 11.0 Å². The topological polar surface area (TPSA) is 84.5 Å². The minimum absolute atomic E-state index is 0.0116. The zero-order valence-corrected chi connectivity index (χ0v) is 15.5.